The van der Waals surface area contributed by atoms with E-state index in [1.165, 1.54) is 18.2 Å². The third-order valence-corrected chi connectivity index (χ3v) is 4.59. The Morgan fingerprint density at radius 3 is 2.89 bits per heavy atom. The third-order valence-electron chi connectivity index (χ3n) is 2.72. The normalized spacial score (nSPS) is 20.6. The van der Waals surface area contributed by atoms with E-state index in [0.29, 0.717) is 17.7 Å². The van der Waals surface area contributed by atoms with E-state index >= 15 is 0 Å². The van der Waals surface area contributed by atoms with Crippen LogP contribution in [-0.2, 0) is 9.84 Å². The van der Waals surface area contributed by atoms with E-state index in [-0.39, 0.29) is 17.4 Å². The van der Waals surface area contributed by atoms with E-state index < -0.39 is 21.8 Å². The molecule has 1 heterocycles. The van der Waals surface area contributed by atoms with Gasteiger partial charge in [0.25, 0.3) is 0 Å². The Balaban J connectivity index is 2.20. The van der Waals surface area contributed by atoms with E-state index in [0.717, 1.165) is 0 Å². The zero-order chi connectivity index (χ0) is 13.9. The van der Waals surface area contributed by atoms with Crippen LogP contribution < -0.4 is 4.74 Å². The molecule has 1 atom stereocenters. The van der Waals surface area contributed by atoms with Gasteiger partial charge in [-0.05, 0) is 24.6 Å². The Morgan fingerprint density at radius 1 is 1.47 bits per heavy atom. The Kier molecular flexibility index (Phi) is 4.33. The van der Waals surface area contributed by atoms with Crippen molar-refractivity contribution in [2.24, 2.45) is 0 Å². The summed E-state index contributed by atoms with van der Waals surface area (Å²) in [5.74, 6) is 5.54. The van der Waals surface area contributed by atoms with Crippen LogP contribution in [0.3, 0.4) is 0 Å². The van der Waals surface area contributed by atoms with Crippen molar-refractivity contribution in [1.82, 2.24) is 0 Å². The molecule has 1 aliphatic heterocycles. The van der Waals surface area contributed by atoms with Crippen LogP contribution in [0.25, 0.3) is 0 Å². The van der Waals surface area contributed by atoms with Crippen molar-refractivity contribution in [1.29, 1.82) is 0 Å². The highest BCUT2D eigenvalue weighted by atomic mass is 35.5. The highest BCUT2D eigenvalue weighted by Crippen LogP contribution is 2.24. The molecule has 1 saturated heterocycles. The van der Waals surface area contributed by atoms with Gasteiger partial charge in [0.2, 0.25) is 0 Å². The largest absolute Gasteiger partial charge is 0.488 e. The summed E-state index contributed by atoms with van der Waals surface area (Å²) in [7, 11) is -3.01. The van der Waals surface area contributed by atoms with Crippen molar-refractivity contribution in [2.75, 3.05) is 17.4 Å². The van der Waals surface area contributed by atoms with Crippen LogP contribution in [0.4, 0.5) is 4.39 Å². The van der Waals surface area contributed by atoms with Crippen molar-refractivity contribution >= 4 is 21.4 Å². The van der Waals surface area contributed by atoms with E-state index in [1.807, 2.05) is 0 Å². The maximum atomic E-state index is 13.2. The van der Waals surface area contributed by atoms with Gasteiger partial charge in [-0.2, -0.15) is 0 Å². The topological polar surface area (TPSA) is 43.4 Å². The fraction of sp³-hybridized carbons (Fsp3) is 0.385. The first-order valence-corrected chi connectivity index (χ1v) is 8.07. The molecule has 6 heteroatoms. The van der Waals surface area contributed by atoms with Crippen LogP contribution in [-0.4, -0.2) is 31.9 Å². The second kappa shape index (κ2) is 5.81. The number of ether oxygens (including phenoxy) is 1. The van der Waals surface area contributed by atoms with Crippen molar-refractivity contribution < 1.29 is 17.5 Å². The van der Waals surface area contributed by atoms with Crippen LogP contribution in [0.5, 0.6) is 5.75 Å². The summed E-state index contributed by atoms with van der Waals surface area (Å²) >= 11 is 5.46. The lowest BCUT2D eigenvalue weighted by molar-refractivity contribution is 0.228. The predicted molar refractivity (Wildman–Crippen MR) is 71.7 cm³/mol. The molecule has 1 unspecified atom stereocenters. The highest BCUT2D eigenvalue weighted by molar-refractivity contribution is 7.91. The van der Waals surface area contributed by atoms with Crippen LogP contribution in [0.2, 0.25) is 0 Å². The van der Waals surface area contributed by atoms with Crippen molar-refractivity contribution in [3.05, 3.63) is 29.6 Å². The Bertz CT molecular complexity index is 631. The molecule has 0 bridgehead atoms. The first-order valence-electron chi connectivity index (χ1n) is 5.71. The summed E-state index contributed by atoms with van der Waals surface area (Å²) in [6.45, 7) is 0. The highest BCUT2D eigenvalue weighted by Gasteiger charge is 2.29. The number of hydrogen-bond acceptors (Lipinski definition) is 3. The van der Waals surface area contributed by atoms with Crippen molar-refractivity contribution in [2.45, 2.75) is 12.5 Å². The molecule has 3 nitrogen and oxygen atoms in total. The summed E-state index contributed by atoms with van der Waals surface area (Å²) in [6.07, 6.45) is 0.0502. The van der Waals surface area contributed by atoms with E-state index in [1.54, 1.807) is 0 Å². The van der Waals surface area contributed by atoms with Crippen LogP contribution in [0.15, 0.2) is 18.2 Å². The minimum absolute atomic E-state index is 0.00719. The molecule has 102 valence electrons. The monoisotopic (exact) mass is 302 g/mol. The van der Waals surface area contributed by atoms with Gasteiger partial charge >= 0.3 is 0 Å². The van der Waals surface area contributed by atoms with Crippen molar-refractivity contribution in [3.63, 3.8) is 0 Å². The summed E-state index contributed by atoms with van der Waals surface area (Å²) in [6, 6.07) is 3.96. The zero-order valence-corrected chi connectivity index (χ0v) is 11.6. The number of rotatable bonds is 2. The smallest absolute Gasteiger partial charge is 0.154 e. The Morgan fingerprint density at radius 2 is 2.26 bits per heavy atom. The fourth-order valence-electron chi connectivity index (χ4n) is 1.86. The number of benzene rings is 1. The predicted octanol–water partition coefficient (Wildman–Crippen LogP) is 1.98. The Labute approximate surface area is 116 Å². The maximum Gasteiger partial charge on any atom is 0.154 e. The van der Waals surface area contributed by atoms with Gasteiger partial charge in [0, 0.05) is 0 Å². The van der Waals surface area contributed by atoms with Crippen LogP contribution in [0, 0.1) is 17.7 Å². The van der Waals surface area contributed by atoms with E-state index in [2.05, 4.69) is 11.8 Å². The first kappa shape index (κ1) is 14.2. The summed E-state index contributed by atoms with van der Waals surface area (Å²) in [4.78, 5) is 0. The number of halogens is 2. The lowest BCUT2D eigenvalue weighted by Crippen LogP contribution is -2.18. The molecule has 19 heavy (non-hydrogen) atoms. The molecule has 0 saturated carbocycles. The van der Waals surface area contributed by atoms with E-state index in [4.69, 9.17) is 16.3 Å². The molecule has 0 N–H and O–H groups in total. The molecular formula is C13H12ClFO3S. The molecule has 0 spiro atoms. The summed E-state index contributed by atoms with van der Waals surface area (Å²) in [5, 5.41) is 0. The van der Waals surface area contributed by atoms with Gasteiger partial charge in [-0.1, -0.05) is 11.8 Å². The quantitative estimate of drug-likeness (QED) is 0.620. The summed E-state index contributed by atoms with van der Waals surface area (Å²) < 4.78 is 41.5. The van der Waals surface area contributed by atoms with Gasteiger partial charge in [-0.3, -0.25) is 0 Å². The van der Waals surface area contributed by atoms with E-state index in [9.17, 15) is 12.8 Å². The number of sulfone groups is 1. The van der Waals surface area contributed by atoms with Gasteiger partial charge < -0.3 is 4.74 Å². The lowest BCUT2D eigenvalue weighted by atomic mass is 10.2. The number of hydrogen-bond donors (Lipinski definition) is 0. The summed E-state index contributed by atoms with van der Waals surface area (Å²) in [5.41, 5.74) is 0.380. The molecule has 1 aliphatic rings. The molecule has 0 amide bonds. The van der Waals surface area contributed by atoms with Gasteiger partial charge in [-0.25, -0.2) is 12.8 Å². The van der Waals surface area contributed by atoms with Gasteiger partial charge in [0.1, 0.15) is 17.7 Å². The first-order chi connectivity index (χ1) is 9.00. The Hall–Kier alpha value is -1.25. The van der Waals surface area contributed by atoms with Gasteiger partial charge in [-0.15, -0.1) is 11.6 Å². The molecule has 0 aliphatic carbocycles. The standard InChI is InChI=1S/C13H12ClFO3S/c14-6-1-2-10-8-11(15)3-4-13(10)18-12-5-7-19(16,17)9-12/h3-4,8,12H,5-7,9H2. The zero-order valence-electron chi connectivity index (χ0n) is 10.0. The van der Waals surface area contributed by atoms with Crippen LogP contribution >= 0.6 is 11.6 Å². The molecule has 2 rings (SSSR count). The second-order valence-electron chi connectivity index (χ2n) is 4.22. The molecule has 1 fully saturated rings. The fourth-order valence-corrected chi connectivity index (χ4v) is 3.52. The molecule has 0 radical (unpaired) electrons. The molecule has 0 aromatic heterocycles. The molecule has 1 aromatic rings. The third kappa shape index (κ3) is 3.85. The van der Waals surface area contributed by atoms with Crippen molar-refractivity contribution in [3.8, 4) is 17.6 Å². The minimum atomic E-state index is -3.01. The maximum absolute atomic E-state index is 13.2. The average molecular weight is 303 g/mol. The number of alkyl halides is 1. The van der Waals surface area contributed by atoms with Crippen LogP contribution in [0.1, 0.15) is 12.0 Å². The molecular weight excluding hydrogens is 291 g/mol. The minimum Gasteiger partial charge on any atom is -0.488 e. The second-order valence-corrected chi connectivity index (χ2v) is 6.71. The SMILES string of the molecule is O=S1(=O)CCC(Oc2ccc(F)cc2C#CCCl)C1. The average Bonchev–Trinajstić information content (AvgIpc) is 2.69. The molecule has 1 aromatic carbocycles. The van der Waals surface area contributed by atoms with Gasteiger partial charge in [0.15, 0.2) is 9.84 Å². The van der Waals surface area contributed by atoms with Gasteiger partial charge in [0.05, 0.1) is 22.9 Å². The lowest BCUT2D eigenvalue weighted by Gasteiger charge is -2.13.